The Kier molecular flexibility index (Phi) is 6.78. The number of rotatable bonds is 5. The molecule has 30 heavy (non-hydrogen) atoms. The number of hydrogen-bond acceptors (Lipinski definition) is 3. The van der Waals surface area contributed by atoms with Crippen molar-refractivity contribution < 1.29 is 22.7 Å². The fraction of sp³-hybridized carbons (Fsp3) is 0.391. The van der Waals surface area contributed by atoms with E-state index >= 15 is 0 Å². The van der Waals surface area contributed by atoms with Crippen LogP contribution in [-0.2, 0) is 22.3 Å². The highest BCUT2D eigenvalue weighted by Gasteiger charge is 2.31. The Balaban J connectivity index is 1.76. The first-order valence-electron chi connectivity index (χ1n) is 9.71. The first-order valence-corrected chi connectivity index (χ1v) is 9.71. The lowest BCUT2D eigenvalue weighted by molar-refractivity contribution is -0.142. The van der Waals surface area contributed by atoms with Crippen LogP contribution in [0.5, 0.6) is 0 Å². The highest BCUT2D eigenvalue weighted by molar-refractivity contribution is 5.69. The molecule has 4 nitrogen and oxygen atoms in total. The lowest BCUT2D eigenvalue weighted by Gasteiger charge is -2.38. The Morgan fingerprint density at radius 3 is 2.37 bits per heavy atom. The van der Waals surface area contributed by atoms with Gasteiger partial charge in [-0.2, -0.15) is 13.2 Å². The number of carbonyl (C=O) groups is 1. The molecule has 7 heteroatoms. The van der Waals surface area contributed by atoms with E-state index in [1.807, 2.05) is 12.1 Å². The van der Waals surface area contributed by atoms with Crippen molar-refractivity contribution >= 4 is 11.7 Å². The Hall–Kier alpha value is -2.85. The van der Waals surface area contributed by atoms with Gasteiger partial charge in [0.2, 0.25) is 0 Å². The molecule has 0 unspecified atom stereocenters. The second-order valence-corrected chi connectivity index (χ2v) is 7.67. The van der Waals surface area contributed by atoms with Crippen LogP contribution in [0.2, 0.25) is 0 Å². The summed E-state index contributed by atoms with van der Waals surface area (Å²) in [4.78, 5) is 17.4. The number of hydrogen-bond donors (Lipinski definition) is 0. The molecule has 0 aromatic heterocycles. The molecule has 0 aliphatic carbocycles. The predicted octanol–water partition coefficient (Wildman–Crippen LogP) is 5.42. The van der Waals surface area contributed by atoms with Crippen molar-refractivity contribution in [2.75, 3.05) is 20.2 Å². The molecule has 2 atom stereocenters. The van der Waals surface area contributed by atoms with Crippen LogP contribution in [0, 0.1) is 12.5 Å². The number of alkyl halides is 3. The quantitative estimate of drug-likeness (QED) is 0.482. The van der Waals surface area contributed by atoms with Crippen molar-refractivity contribution in [2.24, 2.45) is 5.92 Å². The number of methoxy groups -OCH3 is 1. The average molecular weight is 416 g/mol. The molecule has 3 rings (SSSR count). The van der Waals surface area contributed by atoms with Crippen LogP contribution in [-0.4, -0.2) is 31.1 Å². The molecule has 0 amide bonds. The molecule has 0 spiro atoms. The molecule has 1 saturated heterocycles. The molecule has 1 aliphatic heterocycles. The molecular weight excluding hydrogens is 393 g/mol. The average Bonchev–Trinajstić information content (AvgIpc) is 2.73. The number of nitrogens with zero attached hydrogens (tertiary/aromatic N) is 2. The van der Waals surface area contributed by atoms with E-state index in [0.29, 0.717) is 25.2 Å². The van der Waals surface area contributed by atoms with Gasteiger partial charge in [0, 0.05) is 26.1 Å². The maximum Gasteiger partial charge on any atom is 0.416 e. The molecule has 1 heterocycles. The van der Waals surface area contributed by atoms with Gasteiger partial charge in [-0.3, -0.25) is 9.69 Å². The Labute approximate surface area is 174 Å². The molecule has 1 fully saturated rings. The number of piperidine rings is 1. The van der Waals surface area contributed by atoms with E-state index < -0.39 is 11.7 Å². The summed E-state index contributed by atoms with van der Waals surface area (Å²) in [5.41, 5.74) is 1.80. The van der Waals surface area contributed by atoms with Crippen molar-refractivity contribution in [3.8, 4) is 0 Å². The van der Waals surface area contributed by atoms with Crippen molar-refractivity contribution in [3.63, 3.8) is 0 Å². The summed E-state index contributed by atoms with van der Waals surface area (Å²) in [5.74, 6) is -0.00712. The summed E-state index contributed by atoms with van der Waals surface area (Å²) in [5, 5.41) is 0. The molecule has 0 bridgehead atoms. The van der Waals surface area contributed by atoms with Crippen molar-refractivity contribution in [3.05, 3.63) is 76.6 Å². The van der Waals surface area contributed by atoms with Crippen LogP contribution in [0.25, 0.3) is 4.85 Å². The number of likely N-dealkylation sites (tertiary alicyclic amines) is 1. The van der Waals surface area contributed by atoms with Crippen LogP contribution in [0.3, 0.4) is 0 Å². The summed E-state index contributed by atoms with van der Waals surface area (Å²) in [6.45, 7) is 9.01. The van der Waals surface area contributed by atoms with Gasteiger partial charge in [0.25, 0.3) is 0 Å². The summed E-state index contributed by atoms with van der Waals surface area (Å²) in [6, 6.07) is 12.7. The Bertz CT molecular complexity index is 902. The number of carbonyl (C=O) groups excluding carboxylic acids is 1. The highest BCUT2D eigenvalue weighted by Crippen LogP contribution is 2.34. The minimum Gasteiger partial charge on any atom is -0.469 e. The van der Waals surface area contributed by atoms with Crippen molar-refractivity contribution in [1.82, 2.24) is 4.90 Å². The molecule has 158 valence electrons. The van der Waals surface area contributed by atoms with Crippen molar-refractivity contribution in [2.45, 2.75) is 31.5 Å². The zero-order valence-corrected chi connectivity index (χ0v) is 16.7. The van der Waals surface area contributed by atoms with Gasteiger partial charge < -0.3 is 4.74 Å². The minimum absolute atomic E-state index is 0.0891. The highest BCUT2D eigenvalue weighted by atomic mass is 19.4. The monoisotopic (exact) mass is 416 g/mol. The molecule has 0 radical (unpaired) electrons. The number of benzene rings is 2. The van der Waals surface area contributed by atoms with Gasteiger partial charge in [-0.15, -0.1) is 0 Å². The largest absolute Gasteiger partial charge is 0.469 e. The maximum atomic E-state index is 12.8. The third kappa shape index (κ3) is 5.61. The zero-order chi connectivity index (χ0) is 21.7. The summed E-state index contributed by atoms with van der Waals surface area (Å²) < 4.78 is 43.2. The fourth-order valence-corrected chi connectivity index (χ4v) is 4.02. The fourth-order valence-electron chi connectivity index (χ4n) is 4.02. The van der Waals surface area contributed by atoms with Gasteiger partial charge in [-0.25, -0.2) is 4.85 Å². The van der Waals surface area contributed by atoms with Gasteiger partial charge in [-0.1, -0.05) is 36.4 Å². The first-order chi connectivity index (χ1) is 14.3. The lowest BCUT2D eigenvalue weighted by atomic mass is 9.83. The molecule has 0 saturated carbocycles. The van der Waals surface area contributed by atoms with Gasteiger partial charge in [0.15, 0.2) is 5.69 Å². The zero-order valence-electron chi connectivity index (χ0n) is 16.7. The van der Waals surface area contributed by atoms with Crippen LogP contribution < -0.4 is 0 Å². The lowest BCUT2D eigenvalue weighted by Crippen LogP contribution is -2.40. The Morgan fingerprint density at radius 1 is 1.13 bits per heavy atom. The van der Waals surface area contributed by atoms with Crippen LogP contribution >= 0.6 is 0 Å². The second-order valence-electron chi connectivity index (χ2n) is 7.67. The smallest absolute Gasteiger partial charge is 0.416 e. The van der Waals surface area contributed by atoms with Crippen LogP contribution in [0.1, 0.15) is 35.4 Å². The van der Waals surface area contributed by atoms with Gasteiger partial charge >= 0.3 is 12.1 Å². The molecule has 2 aromatic carbocycles. The molecule has 0 N–H and O–H groups in total. The minimum atomic E-state index is -4.35. The van der Waals surface area contributed by atoms with E-state index in [-0.39, 0.29) is 17.8 Å². The summed E-state index contributed by atoms with van der Waals surface area (Å²) >= 11 is 0. The SMILES string of the molecule is [C-]#[N+]c1ccc([C@@H]2C[C@@H](CC(=O)OC)CN(Cc3ccc(C(F)(F)F)cc3)C2)cc1. The number of halogens is 3. The van der Waals surface area contributed by atoms with E-state index in [0.717, 1.165) is 36.2 Å². The van der Waals surface area contributed by atoms with E-state index in [1.54, 1.807) is 12.1 Å². The van der Waals surface area contributed by atoms with Crippen LogP contribution in [0.15, 0.2) is 48.5 Å². The van der Waals surface area contributed by atoms with E-state index in [1.165, 1.54) is 19.2 Å². The number of esters is 1. The van der Waals surface area contributed by atoms with Gasteiger partial charge in [0.1, 0.15) is 0 Å². The molecule has 2 aromatic rings. The maximum absolute atomic E-state index is 12.8. The first kappa shape index (κ1) is 21.8. The van der Waals surface area contributed by atoms with Gasteiger partial charge in [-0.05, 0) is 41.5 Å². The third-order valence-corrected chi connectivity index (χ3v) is 5.48. The summed E-state index contributed by atoms with van der Waals surface area (Å²) in [7, 11) is 1.37. The van der Waals surface area contributed by atoms with E-state index in [9.17, 15) is 18.0 Å². The van der Waals surface area contributed by atoms with E-state index in [4.69, 9.17) is 11.3 Å². The van der Waals surface area contributed by atoms with Gasteiger partial charge in [0.05, 0.1) is 19.2 Å². The standard InChI is InChI=1S/C23H23F3N2O2/c1-27-21-9-5-18(6-10-21)19-11-17(12-22(29)30-2)14-28(15-19)13-16-3-7-20(8-4-16)23(24,25)26/h3-10,17,19H,11-15H2,2H3/t17-,19+/m0/s1. The molecular formula is C23H23F3N2O2. The van der Waals surface area contributed by atoms with E-state index in [2.05, 4.69) is 9.74 Å². The second kappa shape index (κ2) is 9.31. The summed E-state index contributed by atoms with van der Waals surface area (Å²) in [6.07, 6.45) is -3.23. The third-order valence-electron chi connectivity index (χ3n) is 5.48. The van der Waals surface area contributed by atoms with Crippen LogP contribution in [0.4, 0.5) is 18.9 Å². The molecule has 1 aliphatic rings. The Morgan fingerprint density at radius 2 is 1.80 bits per heavy atom. The predicted molar refractivity (Wildman–Crippen MR) is 107 cm³/mol. The topological polar surface area (TPSA) is 33.9 Å². The normalized spacial score (nSPS) is 19.8. The van der Waals surface area contributed by atoms with Crippen molar-refractivity contribution in [1.29, 1.82) is 0 Å². The number of ether oxygens (including phenoxy) is 1.